The molecule has 0 unspecified atom stereocenters. The van der Waals surface area contributed by atoms with E-state index in [0.29, 0.717) is 0 Å². The van der Waals surface area contributed by atoms with Crippen LogP contribution in [0.25, 0.3) is 105 Å². The van der Waals surface area contributed by atoms with Crippen LogP contribution >= 0.6 is 0 Å². The van der Waals surface area contributed by atoms with Crippen molar-refractivity contribution in [1.82, 2.24) is 4.57 Å². The van der Waals surface area contributed by atoms with Crippen molar-refractivity contribution < 1.29 is 0 Å². The van der Waals surface area contributed by atoms with E-state index in [4.69, 9.17) is 0 Å². The Kier molecular flexibility index (Phi) is 7.89. The molecule has 0 aliphatic heterocycles. The molecule has 0 saturated heterocycles. The molecule has 266 valence electrons. The summed E-state index contributed by atoms with van der Waals surface area (Å²) in [5.41, 5.74) is 15.6. The van der Waals surface area contributed by atoms with Gasteiger partial charge < -0.3 is 4.57 Å². The molecule has 0 fully saturated rings. The van der Waals surface area contributed by atoms with Crippen molar-refractivity contribution in [1.29, 1.82) is 0 Å². The van der Waals surface area contributed by atoms with Crippen molar-refractivity contribution >= 4 is 43.4 Å². The third-order valence-electron chi connectivity index (χ3n) is 11.6. The molecule has 1 aromatic heterocycles. The molecule has 0 amide bonds. The Morgan fingerprint density at radius 3 is 1.33 bits per heavy atom. The van der Waals surface area contributed by atoms with E-state index in [-0.39, 0.29) is 0 Å². The van der Waals surface area contributed by atoms with Gasteiger partial charge in [-0.25, -0.2) is 0 Å². The highest BCUT2D eigenvalue weighted by molar-refractivity contribution is 6.23. The Hall–Kier alpha value is -7.48. The first kappa shape index (κ1) is 32.9. The van der Waals surface area contributed by atoms with E-state index < -0.39 is 0 Å². The summed E-state index contributed by atoms with van der Waals surface area (Å²) in [6.07, 6.45) is 0. The van der Waals surface area contributed by atoms with E-state index >= 15 is 0 Å². The molecule has 0 atom stereocenters. The average Bonchev–Trinajstić information content (AvgIpc) is 3.64. The Bertz CT molecular complexity index is 3230. The van der Waals surface area contributed by atoms with Crippen molar-refractivity contribution in [3.05, 3.63) is 224 Å². The Morgan fingerprint density at radius 2 is 0.737 bits per heavy atom. The number of benzene rings is 10. The number of aromatic nitrogens is 1. The van der Waals surface area contributed by atoms with Crippen LogP contribution in [0.1, 0.15) is 0 Å². The van der Waals surface area contributed by atoms with Crippen LogP contribution in [0.2, 0.25) is 0 Å². The molecule has 11 rings (SSSR count). The Balaban J connectivity index is 1.18. The fraction of sp³-hybridized carbons (Fsp3) is 0. The van der Waals surface area contributed by atoms with Crippen LogP contribution in [0.15, 0.2) is 224 Å². The number of fused-ring (bicyclic) bond motifs is 6. The molecule has 0 spiro atoms. The first-order chi connectivity index (χ1) is 28.3. The lowest BCUT2D eigenvalue weighted by Crippen LogP contribution is -1.98. The van der Waals surface area contributed by atoms with Gasteiger partial charge in [0.15, 0.2) is 0 Å². The van der Waals surface area contributed by atoms with Crippen molar-refractivity contribution in [2.75, 3.05) is 0 Å². The van der Waals surface area contributed by atoms with E-state index in [0.717, 1.165) is 5.69 Å². The van der Waals surface area contributed by atoms with Crippen molar-refractivity contribution in [2.45, 2.75) is 0 Å². The largest absolute Gasteiger partial charge is 0.309 e. The first-order valence-electron chi connectivity index (χ1n) is 19.7. The van der Waals surface area contributed by atoms with Gasteiger partial charge in [0.2, 0.25) is 0 Å². The van der Waals surface area contributed by atoms with Gasteiger partial charge in [0.1, 0.15) is 0 Å². The highest BCUT2D eigenvalue weighted by Crippen LogP contribution is 2.50. The minimum absolute atomic E-state index is 1.14. The van der Waals surface area contributed by atoms with Gasteiger partial charge in [0.05, 0.1) is 11.0 Å². The first-order valence-corrected chi connectivity index (χ1v) is 19.7. The number of nitrogens with zero attached hydrogens (tertiary/aromatic N) is 1. The molecule has 0 N–H and O–H groups in total. The van der Waals surface area contributed by atoms with Crippen LogP contribution in [0, 0.1) is 0 Å². The van der Waals surface area contributed by atoms with E-state index in [1.165, 1.54) is 99.0 Å². The lowest BCUT2D eigenvalue weighted by atomic mass is 9.79. The summed E-state index contributed by atoms with van der Waals surface area (Å²) in [4.78, 5) is 0. The van der Waals surface area contributed by atoms with Crippen molar-refractivity contribution in [3.63, 3.8) is 0 Å². The normalized spacial score (nSPS) is 11.5. The SMILES string of the molecule is c1ccc(-c2cc(-c3ccc(-n4c5ccccc5c5c6cc7ccccc7cc6ccc54)cc3)c(-c3ccccc3)c(-c3ccccc3)c2-c2ccccc2)cc1. The molecule has 11 aromatic rings. The summed E-state index contributed by atoms with van der Waals surface area (Å²) in [7, 11) is 0. The van der Waals surface area contributed by atoms with E-state index in [1.54, 1.807) is 0 Å². The van der Waals surface area contributed by atoms with Gasteiger partial charge in [-0.05, 0) is 120 Å². The molecule has 0 aliphatic rings. The molecule has 0 bridgehead atoms. The summed E-state index contributed by atoms with van der Waals surface area (Å²) >= 11 is 0. The van der Waals surface area contributed by atoms with Crippen LogP contribution in [-0.4, -0.2) is 4.57 Å². The molecule has 57 heavy (non-hydrogen) atoms. The molecule has 1 heterocycles. The zero-order valence-corrected chi connectivity index (χ0v) is 31.3. The number of rotatable bonds is 6. The third-order valence-corrected chi connectivity index (χ3v) is 11.6. The van der Waals surface area contributed by atoms with E-state index in [1.807, 2.05) is 0 Å². The summed E-state index contributed by atoms with van der Waals surface area (Å²) in [5, 5.41) is 7.62. The molecule has 0 saturated carbocycles. The van der Waals surface area contributed by atoms with Gasteiger partial charge in [-0.1, -0.05) is 182 Å². The van der Waals surface area contributed by atoms with Crippen LogP contribution < -0.4 is 0 Å². The van der Waals surface area contributed by atoms with Gasteiger partial charge in [-0.2, -0.15) is 0 Å². The fourth-order valence-corrected chi connectivity index (χ4v) is 9.01. The summed E-state index contributed by atoms with van der Waals surface area (Å²) < 4.78 is 2.44. The van der Waals surface area contributed by atoms with Gasteiger partial charge >= 0.3 is 0 Å². The van der Waals surface area contributed by atoms with E-state index in [2.05, 4.69) is 229 Å². The minimum Gasteiger partial charge on any atom is -0.309 e. The standard InChI is InChI=1S/C56H37N/c1-5-17-38(18-6-1)49-37-50(54(41-21-9-3-10-22-41)55(42-23-11-4-12-24-42)53(49)40-19-7-2-8-20-40)39-29-32-46(33-30-39)57-51-28-16-15-27-47(51)56-48-36-44-26-14-13-25-43(44)35-45(48)31-34-52(56)57/h1-37H. The zero-order chi connectivity index (χ0) is 37.7. The second-order valence-electron chi connectivity index (χ2n) is 14.8. The molecule has 1 heteroatoms. The fourth-order valence-electron chi connectivity index (χ4n) is 9.01. The maximum atomic E-state index is 2.44. The summed E-state index contributed by atoms with van der Waals surface area (Å²) in [6, 6.07) is 82.0. The lowest BCUT2D eigenvalue weighted by molar-refractivity contribution is 1.18. The third kappa shape index (κ3) is 5.55. The Morgan fingerprint density at radius 1 is 0.263 bits per heavy atom. The summed E-state index contributed by atoms with van der Waals surface area (Å²) in [5.74, 6) is 0. The maximum absolute atomic E-state index is 2.44. The number of hydrogen-bond donors (Lipinski definition) is 0. The van der Waals surface area contributed by atoms with Gasteiger partial charge in [-0.3, -0.25) is 0 Å². The predicted octanol–water partition coefficient (Wildman–Crippen LogP) is 15.4. The van der Waals surface area contributed by atoms with Crippen molar-refractivity contribution in [2.24, 2.45) is 0 Å². The molecular weight excluding hydrogens is 687 g/mol. The zero-order valence-electron chi connectivity index (χ0n) is 31.3. The second-order valence-corrected chi connectivity index (χ2v) is 14.8. The van der Waals surface area contributed by atoms with Crippen LogP contribution in [-0.2, 0) is 0 Å². The minimum atomic E-state index is 1.14. The monoisotopic (exact) mass is 723 g/mol. The molecular formula is C56H37N. The molecule has 0 radical (unpaired) electrons. The highest BCUT2D eigenvalue weighted by atomic mass is 15.0. The lowest BCUT2D eigenvalue weighted by Gasteiger charge is -2.24. The van der Waals surface area contributed by atoms with Gasteiger partial charge in [-0.15, -0.1) is 0 Å². The quantitative estimate of drug-likeness (QED) is 0.151. The Labute approximate surface area is 332 Å². The second kappa shape index (κ2) is 13.7. The predicted molar refractivity (Wildman–Crippen MR) is 243 cm³/mol. The smallest absolute Gasteiger partial charge is 0.0547 e. The van der Waals surface area contributed by atoms with Gasteiger partial charge in [0.25, 0.3) is 0 Å². The number of hydrogen-bond acceptors (Lipinski definition) is 0. The van der Waals surface area contributed by atoms with E-state index in [9.17, 15) is 0 Å². The molecule has 0 aliphatic carbocycles. The van der Waals surface area contributed by atoms with Crippen LogP contribution in [0.5, 0.6) is 0 Å². The van der Waals surface area contributed by atoms with Crippen LogP contribution in [0.3, 0.4) is 0 Å². The average molecular weight is 724 g/mol. The number of para-hydroxylation sites is 1. The van der Waals surface area contributed by atoms with Gasteiger partial charge in [0, 0.05) is 16.5 Å². The van der Waals surface area contributed by atoms with Crippen LogP contribution in [0.4, 0.5) is 0 Å². The topological polar surface area (TPSA) is 4.93 Å². The summed E-state index contributed by atoms with van der Waals surface area (Å²) in [6.45, 7) is 0. The highest BCUT2D eigenvalue weighted by Gasteiger charge is 2.24. The molecule has 10 aromatic carbocycles. The molecule has 1 nitrogen and oxygen atoms in total. The maximum Gasteiger partial charge on any atom is 0.0547 e. The van der Waals surface area contributed by atoms with Crippen molar-refractivity contribution in [3.8, 4) is 61.3 Å².